The van der Waals surface area contributed by atoms with Crippen LogP contribution in [0.3, 0.4) is 0 Å². The van der Waals surface area contributed by atoms with Crippen LogP contribution in [-0.2, 0) is 4.79 Å². The van der Waals surface area contributed by atoms with Gasteiger partial charge >= 0.3 is 0 Å². The van der Waals surface area contributed by atoms with Crippen LogP contribution in [0.5, 0.6) is 5.75 Å². The van der Waals surface area contributed by atoms with Gasteiger partial charge in [-0.1, -0.05) is 28.1 Å². The van der Waals surface area contributed by atoms with E-state index in [4.69, 9.17) is 4.74 Å². The summed E-state index contributed by atoms with van der Waals surface area (Å²) in [5, 5.41) is 16.4. The molecule has 2 aromatic carbocycles. The summed E-state index contributed by atoms with van der Waals surface area (Å²) in [7, 11) is 1.60. The van der Waals surface area contributed by atoms with Crippen LogP contribution in [0.4, 0.5) is 10.8 Å². The third kappa shape index (κ3) is 4.10. The Morgan fingerprint density at radius 3 is 2.55 bits per heavy atom. The van der Waals surface area contributed by atoms with Crippen molar-refractivity contribution in [2.45, 2.75) is 13.0 Å². The lowest BCUT2D eigenvalue weighted by Crippen LogP contribution is -2.29. The van der Waals surface area contributed by atoms with Crippen molar-refractivity contribution in [2.75, 3.05) is 12.1 Å². The lowest BCUT2D eigenvalue weighted by molar-refractivity contribution is -0.117. The molecule has 1 aliphatic rings. The maximum Gasteiger partial charge on any atom is 0.282 e. The predicted octanol–water partition coefficient (Wildman–Crippen LogP) is 5.46. The lowest BCUT2D eigenvalue weighted by Gasteiger charge is -2.08. The number of hydrazone groups is 1. The van der Waals surface area contributed by atoms with Crippen molar-refractivity contribution in [2.24, 2.45) is 15.3 Å². The molecule has 0 saturated carbocycles. The summed E-state index contributed by atoms with van der Waals surface area (Å²) in [6.45, 7) is 1.76. The summed E-state index contributed by atoms with van der Waals surface area (Å²) in [6, 6.07) is 14.2. The summed E-state index contributed by atoms with van der Waals surface area (Å²) in [5.74, 6) is 0.464. The molecule has 0 radical (unpaired) electrons. The van der Waals surface area contributed by atoms with Crippen molar-refractivity contribution >= 4 is 49.7 Å². The smallest absolute Gasteiger partial charge is 0.282 e. The number of aromatic nitrogens is 1. The van der Waals surface area contributed by atoms with Gasteiger partial charge in [0.25, 0.3) is 5.91 Å². The van der Waals surface area contributed by atoms with Gasteiger partial charge in [0.2, 0.25) is 5.13 Å². The number of nitrogens with zero attached hydrogens (tertiary/aromatic N) is 5. The van der Waals surface area contributed by atoms with Gasteiger partial charge in [-0.3, -0.25) is 4.79 Å². The first-order chi connectivity index (χ1) is 14.0. The van der Waals surface area contributed by atoms with Crippen LogP contribution in [-0.4, -0.2) is 29.8 Å². The minimum absolute atomic E-state index is 0.267. The average Bonchev–Trinajstić information content (AvgIpc) is 3.32. The SMILES string of the molecule is COc1ccc(N=N[C@@H]2C(=O)N(c3nc(-c4ccc(Br)cc4)cs3)N=C2C)cc1. The molecule has 1 aliphatic heterocycles. The number of ether oxygens (including phenoxy) is 1. The fraction of sp³-hybridized carbons (Fsp3) is 0.150. The Morgan fingerprint density at radius 2 is 1.86 bits per heavy atom. The molecule has 3 aromatic rings. The van der Waals surface area contributed by atoms with Crippen LogP contribution in [0.2, 0.25) is 0 Å². The van der Waals surface area contributed by atoms with E-state index in [1.807, 2.05) is 29.6 Å². The van der Waals surface area contributed by atoms with E-state index in [1.54, 1.807) is 38.3 Å². The quantitative estimate of drug-likeness (QED) is 0.465. The van der Waals surface area contributed by atoms with E-state index in [0.29, 0.717) is 16.5 Å². The summed E-state index contributed by atoms with van der Waals surface area (Å²) in [4.78, 5) is 17.4. The number of carbonyl (C=O) groups excluding carboxylic acids is 1. The highest BCUT2D eigenvalue weighted by Crippen LogP contribution is 2.31. The van der Waals surface area contributed by atoms with Crippen molar-refractivity contribution in [3.63, 3.8) is 0 Å². The van der Waals surface area contributed by atoms with Crippen molar-refractivity contribution in [3.8, 4) is 17.0 Å². The summed E-state index contributed by atoms with van der Waals surface area (Å²) >= 11 is 4.78. The number of thiazole rings is 1. The maximum atomic E-state index is 12.8. The summed E-state index contributed by atoms with van der Waals surface area (Å²) in [6.07, 6.45) is 0. The third-order valence-electron chi connectivity index (χ3n) is 4.27. The number of methoxy groups -OCH3 is 1. The van der Waals surface area contributed by atoms with E-state index in [0.717, 1.165) is 21.5 Å². The van der Waals surface area contributed by atoms with Gasteiger partial charge in [0.05, 0.1) is 24.2 Å². The molecule has 0 N–H and O–H groups in total. The molecule has 146 valence electrons. The molecule has 0 unspecified atom stereocenters. The van der Waals surface area contributed by atoms with E-state index >= 15 is 0 Å². The first-order valence-corrected chi connectivity index (χ1v) is 10.4. The van der Waals surface area contributed by atoms with E-state index in [2.05, 4.69) is 36.2 Å². The fourth-order valence-electron chi connectivity index (χ4n) is 2.71. The number of anilines is 1. The van der Waals surface area contributed by atoms with Gasteiger partial charge in [-0.25, -0.2) is 4.98 Å². The van der Waals surface area contributed by atoms with Crippen molar-refractivity contribution < 1.29 is 9.53 Å². The highest BCUT2D eigenvalue weighted by molar-refractivity contribution is 9.10. The van der Waals surface area contributed by atoms with Gasteiger partial charge < -0.3 is 4.74 Å². The number of hydrogen-bond acceptors (Lipinski definition) is 7. The highest BCUT2D eigenvalue weighted by Gasteiger charge is 2.36. The standard InChI is InChI=1S/C20H16BrN5O2S/c1-12-18(24-23-15-7-9-16(28-2)10-8-15)19(27)26(25-12)20-22-17(11-29-20)13-3-5-14(21)6-4-13/h3-11,18H,1-2H3/t18-/m0/s1. The van der Waals surface area contributed by atoms with Gasteiger partial charge in [0.15, 0.2) is 6.04 Å². The molecule has 1 aromatic heterocycles. The Labute approximate surface area is 179 Å². The Kier molecular flexibility index (Phi) is 5.50. The molecule has 0 spiro atoms. The summed E-state index contributed by atoms with van der Waals surface area (Å²) < 4.78 is 6.12. The Morgan fingerprint density at radius 1 is 1.14 bits per heavy atom. The van der Waals surface area contributed by atoms with Crippen LogP contribution >= 0.6 is 27.3 Å². The molecule has 29 heavy (non-hydrogen) atoms. The fourth-order valence-corrected chi connectivity index (χ4v) is 3.77. The second-order valence-corrected chi connectivity index (χ2v) is 7.98. The summed E-state index contributed by atoms with van der Waals surface area (Å²) in [5.41, 5.74) is 2.98. The number of amides is 1. The molecule has 7 nitrogen and oxygen atoms in total. The van der Waals surface area contributed by atoms with E-state index in [-0.39, 0.29) is 5.91 Å². The van der Waals surface area contributed by atoms with Crippen LogP contribution in [0.25, 0.3) is 11.3 Å². The van der Waals surface area contributed by atoms with Crippen molar-refractivity contribution in [1.29, 1.82) is 0 Å². The zero-order chi connectivity index (χ0) is 20.4. The Balaban J connectivity index is 1.51. The van der Waals surface area contributed by atoms with Crippen LogP contribution in [0.15, 0.2) is 73.7 Å². The first kappa shape index (κ1) is 19.4. The molecule has 0 saturated heterocycles. The molecule has 0 bridgehead atoms. The van der Waals surface area contributed by atoms with Crippen LogP contribution < -0.4 is 9.75 Å². The zero-order valence-corrected chi connectivity index (χ0v) is 18.0. The topological polar surface area (TPSA) is 79.5 Å². The predicted molar refractivity (Wildman–Crippen MR) is 117 cm³/mol. The molecule has 1 atom stereocenters. The molecule has 4 rings (SSSR count). The van der Waals surface area contributed by atoms with E-state index < -0.39 is 6.04 Å². The third-order valence-corrected chi connectivity index (χ3v) is 5.62. The molecule has 1 amide bonds. The average molecular weight is 470 g/mol. The number of rotatable bonds is 5. The Hall–Kier alpha value is -2.91. The highest BCUT2D eigenvalue weighted by atomic mass is 79.9. The van der Waals surface area contributed by atoms with Gasteiger partial charge in [-0.15, -0.1) is 11.3 Å². The zero-order valence-electron chi connectivity index (χ0n) is 15.6. The largest absolute Gasteiger partial charge is 0.497 e. The van der Waals surface area contributed by atoms with E-state index in [9.17, 15) is 4.79 Å². The molecule has 9 heteroatoms. The molecular weight excluding hydrogens is 454 g/mol. The minimum Gasteiger partial charge on any atom is -0.497 e. The van der Waals surface area contributed by atoms with Gasteiger partial charge in [-0.2, -0.15) is 20.3 Å². The van der Waals surface area contributed by atoms with Crippen molar-refractivity contribution in [1.82, 2.24) is 4.98 Å². The molecule has 0 fully saturated rings. The maximum absolute atomic E-state index is 12.8. The molecule has 2 heterocycles. The molecule has 0 aliphatic carbocycles. The number of halogens is 1. The second-order valence-electron chi connectivity index (χ2n) is 6.23. The van der Waals surface area contributed by atoms with Gasteiger partial charge in [0, 0.05) is 15.4 Å². The first-order valence-electron chi connectivity index (χ1n) is 8.70. The minimum atomic E-state index is -0.753. The van der Waals surface area contributed by atoms with Crippen LogP contribution in [0, 0.1) is 0 Å². The lowest BCUT2D eigenvalue weighted by atomic mass is 10.2. The van der Waals surface area contributed by atoms with E-state index in [1.165, 1.54) is 16.3 Å². The monoisotopic (exact) mass is 469 g/mol. The number of hydrogen-bond donors (Lipinski definition) is 0. The van der Waals surface area contributed by atoms with Crippen LogP contribution in [0.1, 0.15) is 6.92 Å². The molecular formula is C20H16BrN5O2S. The second kappa shape index (κ2) is 8.22. The number of azo groups is 1. The van der Waals surface area contributed by atoms with Crippen molar-refractivity contribution in [3.05, 3.63) is 58.4 Å². The van der Waals surface area contributed by atoms with Gasteiger partial charge in [0.1, 0.15) is 5.75 Å². The normalized spacial score (nSPS) is 16.5. The number of benzene rings is 2. The van der Waals surface area contributed by atoms with Gasteiger partial charge in [-0.05, 0) is 43.3 Å². The Bertz CT molecular complexity index is 1090. The number of carbonyl (C=O) groups is 1.